The highest BCUT2D eigenvalue weighted by Crippen LogP contribution is 2.25. The molecule has 0 radical (unpaired) electrons. The average Bonchev–Trinajstić information content (AvgIpc) is 2.70. The molecule has 0 atom stereocenters. The van der Waals surface area contributed by atoms with Gasteiger partial charge in [-0.2, -0.15) is 0 Å². The number of oxime groups is 1. The van der Waals surface area contributed by atoms with Gasteiger partial charge in [0.05, 0.1) is 11.3 Å². The highest BCUT2D eigenvalue weighted by Gasteiger charge is 2.24. The molecule has 5 heteroatoms. The predicted octanol–water partition coefficient (Wildman–Crippen LogP) is 2.18. The van der Waals surface area contributed by atoms with Gasteiger partial charge in [-0.1, -0.05) is 5.16 Å². The summed E-state index contributed by atoms with van der Waals surface area (Å²) in [5.41, 5.74) is 2.67. The van der Waals surface area contributed by atoms with Crippen LogP contribution in [0.15, 0.2) is 11.4 Å². The van der Waals surface area contributed by atoms with Crippen LogP contribution < -0.4 is 0 Å². The minimum Gasteiger partial charge on any atom is -0.478 e. The third-order valence-electron chi connectivity index (χ3n) is 2.69. The SMILES string of the molecule is CC(C)ON=C1CCCc2[nH]cc(C(=O)O)c21. The van der Waals surface area contributed by atoms with Crippen LogP contribution in [0.2, 0.25) is 0 Å². The number of aromatic amines is 1. The molecule has 92 valence electrons. The van der Waals surface area contributed by atoms with Gasteiger partial charge in [-0.3, -0.25) is 0 Å². The third-order valence-corrected chi connectivity index (χ3v) is 2.69. The van der Waals surface area contributed by atoms with E-state index in [0.29, 0.717) is 5.56 Å². The van der Waals surface area contributed by atoms with Gasteiger partial charge >= 0.3 is 5.97 Å². The third kappa shape index (κ3) is 2.33. The van der Waals surface area contributed by atoms with Gasteiger partial charge in [0.1, 0.15) is 6.10 Å². The van der Waals surface area contributed by atoms with Gasteiger partial charge in [-0.25, -0.2) is 4.79 Å². The fourth-order valence-electron chi connectivity index (χ4n) is 1.98. The summed E-state index contributed by atoms with van der Waals surface area (Å²) in [6.07, 6.45) is 4.12. The molecule has 0 spiro atoms. The Bertz CT molecular complexity index is 460. The molecule has 1 aliphatic carbocycles. The maximum Gasteiger partial charge on any atom is 0.337 e. The van der Waals surface area contributed by atoms with E-state index in [1.54, 1.807) is 0 Å². The monoisotopic (exact) mass is 236 g/mol. The van der Waals surface area contributed by atoms with E-state index in [-0.39, 0.29) is 11.7 Å². The van der Waals surface area contributed by atoms with Crippen molar-refractivity contribution < 1.29 is 14.7 Å². The number of carboxylic acids is 1. The van der Waals surface area contributed by atoms with Gasteiger partial charge in [0.25, 0.3) is 0 Å². The van der Waals surface area contributed by atoms with Crippen LogP contribution >= 0.6 is 0 Å². The van der Waals surface area contributed by atoms with Crippen molar-refractivity contribution in [3.8, 4) is 0 Å². The van der Waals surface area contributed by atoms with Crippen molar-refractivity contribution in [3.63, 3.8) is 0 Å². The molecular formula is C12H16N2O3. The number of nitrogens with zero attached hydrogens (tertiary/aromatic N) is 1. The lowest BCUT2D eigenvalue weighted by atomic mass is 9.93. The van der Waals surface area contributed by atoms with Gasteiger partial charge in [0, 0.05) is 17.5 Å². The molecule has 5 nitrogen and oxygen atoms in total. The highest BCUT2D eigenvalue weighted by atomic mass is 16.6. The molecule has 0 saturated carbocycles. The second kappa shape index (κ2) is 4.61. The minimum absolute atomic E-state index is 0.0000893. The van der Waals surface area contributed by atoms with Crippen molar-refractivity contribution in [2.45, 2.75) is 39.2 Å². The zero-order valence-electron chi connectivity index (χ0n) is 9.99. The molecule has 0 unspecified atom stereocenters. The molecule has 2 rings (SSSR count). The number of carbonyl (C=O) groups is 1. The van der Waals surface area contributed by atoms with E-state index < -0.39 is 5.97 Å². The van der Waals surface area contributed by atoms with Gasteiger partial charge in [-0.15, -0.1) is 0 Å². The van der Waals surface area contributed by atoms with Crippen LogP contribution in [0.25, 0.3) is 0 Å². The first-order valence-corrected chi connectivity index (χ1v) is 5.76. The Kier molecular flexibility index (Phi) is 3.17. The first-order chi connectivity index (χ1) is 8.09. The molecule has 17 heavy (non-hydrogen) atoms. The van der Waals surface area contributed by atoms with E-state index in [4.69, 9.17) is 9.94 Å². The molecule has 2 N–H and O–H groups in total. The minimum atomic E-state index is -0.929. The second-order valence-corrected chi connectivity index (χ2v) is 4.41. The van der Waals surface area contributed by atoms with E-state index in [9.17, 15) is 4.79 Å². The van der Waals surface area contributed by atoms with Crippen molar-refractivity contribution in [2.24, 2.45) is 5.16 Å². The zero-order valence-corrected chi connectivity index (χ0v) is 9.99. The average molecular weight is 236 g/mol. The fraction of sp³-hybridized carbons (Fsp3) is 0.500. The lowest BCUT2D eigenvalue weighted by molar-refractivity contribution is 0.0696. The van der Waals surface area contributed by atoms with Gasteiger partial charge in [-0.05, 0) is 33.1 Å². The number of aryl methyl sites for hydroxylation is 1. The second-order valence-electron chi connectivity index (χ2n) is 4.41. The Morgan fingerprint density at radius 2 is 2.29 bits per heavy atom. The van der Waals surface area contributed by atoms with Crippen molar-refractivity contribution in [2.75, 3.05) is 0 Å². The molecule has 0 bridgehead atoms. The molecule has 1 aromatic heterocycles. The Labute approximate surface area is 99.5 Å². The van der Waals surface area contributed by atoms with Crippen LogP contribution in [0.3, 0.4) is 0 Å². The zero-order chi connectivity index (χ0) is 12.4. The topological polar surface area (TPSA) is 74.7 Å². The molecule has 0 aliphatic heterocycles. The standard InChI is InChI=1S/C12H16N2O3/c1-7(2)17-14-10-5-3-4-9-11(10)8(6-13-9)12(15)16/h6-7,13H,3-5H2,1-2H3,(H,15,16). The molecule has 1 heterocycles. The molecule has 0 aromatic carbocycles. The van der Waals surface area contributed by atoms with Crippen molar-refractivity contribution in [1.82, 2.24) is 4.98 Å². The first-order valence-electron chi connectivity index (χ1n) is 5.76. The van der Waals surface area contributed by atoms with E-state index in [1.807, 2.05) is 13.8 Å². The van der Waals surface area contributed by atoms with Gasteiger partial charge in [0.2, 0.25) is 0 Å². The van der Waals surface area contributed by atoms with E-state index >= 15 is 0 Å². The molecule has 1 aromatic rings. The molecule has 0 amide bonds. The van der Waals surface area contributed by atoms with Crippen LogP contribution in [0.5, 0.6) is 0 Å². The lowest BCUT2D eigenvalue weighted by Gasteiger charge is -2.15. The van der Waals surface area contributed by atoms with Gasteiger partial charge < -0.3 is 14.9 Å². The number of aromatic carboxylic acids is 1. The molecular weight excluding hydrogens is 220 g/mol. The van der Waals surface area contributed by atoms with E-state index in [0.717, 1.165) is 30.7 Å². The summed E-state index contributed by atoms with van der Waals surface area (Å²) < 4.78 is 0. The number of nitrogens with one attached hydrogen (secondary N) is 1. The van der Waals surface area contributed by atoms with Crippen LogP contribution in [-0.2, 0) is 11.3 Å². The van der Waals surface area contributed by atoms with Crippen LogP contribution in [0, 0.1) is 0 Å². The Morgan fingerprint density at radius 3 is 2.94 bits per heavy atom. The smallest absolute Gasteiger partial charge is 0.337 e. The summed E-state index contributed by atoms with van der Waals surface area (Å²) in [5, 5.41) is 13.2. The van der Waals surface area contributed by atoms with Crippen LogP contribution in [0.4, 0.5) is 0 Å². The quantitative estimate of drug-likeness (QED) is 0.790. The van der Waals surface area contributed by atoms with E-state index in [1.165, 1.54) is 6.20 Å². The largest absolute Gasteiger partial charge is 0.478 e. The Morgan fingerprint density at radius 1 is 1.53 bits per heavy atom. The fourth-order valence-corrected chi connectivity index (χ4v) is 1.98. The number of hydrogen-bond donors (Lipinski definition) is 2. The highest BCUT2D eigenvalue weighted by molar-refractivity contribution is 6.09. The maximum absolute atomic E-state index is 11.1. The summed E-state index contributed by atoms with van der Waals surface area (Å²) in [4.78, 5) is 19.3. The summed E-state index contributed by atoms with van der Waals surface area (Å²) >= 11 is 0. The first kappa shape index (κ1) is 11.7. The number of fused-ring (bicyclic) bond motifs is 1. The Hall–Kier alpha value is -1.78. The van der Waals surface area contributed by atoms with Gasteiger partial charge in [0.15, 0.2) is 0 Å². The van der Waals surface area contributed by atoms with Crippen molar-refractivity contribution in [3.05, 3.63) is 23.0 Å². The molecule has 1 aliphatic rings. The molecule has 0 saturated heterocycles. The number of rotatable bonds is 3. The summed E-state index contributed by atoms with van der Waals surface area (Å²) in [6, 6.07) is 0. The normalized spacial score (nSPS) is 17.2. The van der Waals surface area contributed by atoms with Crippen LogP contribution in [0.1, 0.15) is 48.3 Å². The van der Waals surface area contributed by atoms with Crippen LogP contribution in [-0.4, -0.2) is 27.9 Å². The van der Waals surface area contributed by atoms with E-state index in [2.05, 4.69) is 10.1 Å². The number of carboxylic acid groups (broad SMARTS) is 1. The number of aromatic nitrogens is 1. The summed E-state index contributed by atoms with van der Waals surface area (Å²) in [6.45, 7) is 3.78. The maximum atomic E-state index is 11.1. The summed E-state index contributed by atoms with van der Waals surface area (Å²) in [7, 11) is 0. The Balaban J connectivity index is 2.38. The number of H-pyrrole nitrogens is 1. The molecule has 0 fully saturated rings. The van der Waals surface area contributed by atoms with Crippen molar-refractivity contribution in [1.29, 1.82) is 0 Å². The number of hydrogen-bond acceptors (Lipinski definition) is 3. The summed E-state index contributed by atoms with van der Waals surface area (Å²) in [5.74, 6) is -0.929. The lowest BCUT2D eigenvalue weighted by Crippen LogP contribution is -2.15. The van der Waals surface area contributed by atoms with Crippen molar-refractivity contribution >= 4 is 11.7 Å². The predicted molar refractivity (Wildman–Crippen MR) is 63.4 cm³/mol.